The van der Waals surface area contributed by atoms with E-state index in [1.54, 1.807) is 14.2 Å². The number of nitrogens with one attached hydrogen (secondary N) is 1. The highest BCUT2D eigenvalue weighted by Crippen LogP contribution is 2.56. The summed E-state index contributed by atoms with van der Waals surface area (Å²) in [4.78, 5) is 72.8. The van der Waals surface area contributed by atoms with Crippen LogP contribution in [-0.2, 0) is 49.9 Å². The first-order chi connectivity index (χ1) is 37.7. The van der Waals surface area contributed by atoms with Crippen LogP contribution in [-0.4, -0.2) is 155 Å². The fraction of sp³-hybridized carbons (Fsp3) is 0.646. The zero-order chi connectivity index (χ0) is 58.5. The van der Waals surface area contributed by atoms with Crippen molar-refractivity contribution in [1.82, 2.24) is 29.8 Å². The molecule has 1 N–H and O–H groups in total. The number of rotatable bonds is 10. The molecule has 440 valence electrons. The first kappa shape index (κ1) is 62.4. The van der Waals surface area contributed by atoms with Crippen molar-refractivity contribution in [3.8, 4) is 0 Å². The molecule has 2 unspecified atom stereocenters. The van der Waals surface area contributed by atoms with Crippen molar-refractivity contribution in [2.45, 2.75) is 153 Å². The molecular formula is C65H96N6O9. The van der Waals surface area contributed by atoms with E-state index < -0.39 is 23.4 Å². The van der Waals surface area contributed by atoms with E-state index in [0.717, 1.165) is 83.6 Å². The average molecular weight is 1110 g/mol. The van der Waals surface area contributed by atoms with Crippen molar-refractivity contribution < 1.29 is 42.9 Å². The molecule has 3 aliphatic heterocycles. The fourth-order valence-electron chi connectivity index (χ4n) is 14.5. The molecule has 3 aromatic carbocycles. The summed E-state index contributed by atoms with van der Waals surface area (Å²) in [6.45, 7) is 13.5. The van der Waals surface area contributed by atoms with Crippen LogP contribution >= 0.6 is 0 Å². The lowest BCUT2D eigenvalue weighted by molar-refractivity contribution is -0.133. The molecule has 6 fully saturated rings. The SMILES string of the molecule is CN(C)C1(c2ccccc2)CCC2(CC1)CC(=O)N(C(=O)OC(C)(C)C)C2.COCC1C(=O)N(C(=O)OC(C)(C)C)CC12CCC(c1ccccc1)(N(C)C)CC2.COCC1C(=O)NCC12CCC(c1ccccc1)(N(C)C)CC2. The van der Waals surface area contributed by atoms with Gasteiger partial charge in [-0.25, -0.2) is 19.4 Å². The van der Waals surface area contributed by atoms with Gasteiger partial charge in [0.2, 0.25) is 17.7 Å². The van der Waals surface area contributed by atoms with Crippen LogP contribution in [0.3, 0.4) is 0 Å². The van der Waals surface area contributed by atoms with Crippen LogP contribution in [0.15, 0.2) is 91.0 Å². The molecule has 9 rings (SSSR count). The van der Waals surface area contributed by atoms with E-state index in [-0.39, 0.29) is 62.4 Å². The number of carbonyl (C=O) groups is 5. The zero-order valence-corrected chi connectivity index (χ0v) is 51.0. The number of likely N-dealkylation sites (tertiary alicyclic amines) is 2. The molecule has 3 spiro atoms. The van der Waals surface area contributed by atoms with Crippen molar-refractivity contribution in [3.05, 3.63) is 108 Å². The van der Waals surface area contributed by atoms with E-state index >= 15 is 0 Å². The summed E-state index contributed by atoms with van der Waals surface area (Å²) in [6, 6.07) is 32.0. The quantitative estimate of drug-likeness (QED) is 0.206. The first-order valence-electron chi connectivity index (χ1n) is 29.2. The Hall–Kier alpha value is -5.19. The van der Waals surface area contributed by atoms with Gasteiger partial charge in [-0.15, -0.1) is 0 Å². The lowest BCUT2D eigenvalue weighted by Crippen LogP contribution is -2.49. The van der Waals surface area contributed by atoms with Crippen LogP contribution in [0.5, 0.6) is 0 Å². The molecule has 3 aromatic rings. The number of nitrogens with zero attached hydrogens (tertiary/aromatic N) is 5. The average Bonchev–Trinajstić information content (AvgIpc) is 4.23. The lowest BCUT2D eigenvalue weighted by Gasteiger charge is -2.50. The van der Waals surface area contributed by atoms with Crippen molar-refractivity contribution in [2.75, 3.05) is 89.4 Å². The van der Waals surface area contributed by atoms with E-state index in [9.17, 15) is 24.0 Å². The predicted molar refractivity (Wildman–Crippen MR) is 312 cm³/mol. The minimum absolute atomic E-state index is 0.00318. The number of ether oxygens (including phenoxy) is 4. The smallest absolute Gasteiger partial charge is 0.417 e. The third kappa shape index (κ3) is 13.0. The van der Waals surface area contributed by atoms with Gasteiger partial charge in [-0.05, 0) is 183 Å². The number of imide groups is 2. The van der Waals surface area contributed by atoms with Crippen LogP contribution < -0.4 is 5.32 Å². The third-order valence-corrected chi connectivity index (χ3v) is 19.4. The van der Waals surface area contributed by atoms with E-state index in [1.807, 2.05) is 53.7 Å². The number of benzene rings is 3. The molecule has 3 aliphatic carbocycles. The molecule has 3 heterocycles. The summed E-state index contributed by atoms with van der Waals surface area (Å²) in [5.74, 6) is -0.400. The summed E-state index contributed by atoms with van der Waals surface area (Å²) >= 11 is 0. The summed E-state index contributed by atoms with van der Waals surface area (Å²) in [5.41, 5.74) is 2.51. The number of hydrogen-bond donors (Lipinski definition) is 1. The van der Waals surface area contributed by atoms with Gasteiger partial charge >= 0.3 is 12.2 Å². The molecule has 0 bridgehead atoms. The molecule has 6 aliphatic rings. The predicted octanol–water partition coefficient (Wildman–Crippen LogP) is 10.6. The minimum Gasteiger partial charge on any atom is -0.443 e. The molecular weight excluding hydrogens is 1010 g/mol. The Balaban J connectivity index is 0.000000175. The van der Waals surface area contributed by atoms with Crippen LogP contribution in [0, 0.1) is 28.1 Å². The van der Waals surface area contributed by atoms with Crippen LogP contribution in [0.4, 0.5) is 9.59 Å². The Morgan fingerprint density at radius 1 is 0.512 bits per heavy atom. The minimum atomic E-state index is -0.635. The van der Waals surface area contributed by atoms with Gasteiger partial charge in [0.1, 0.15) is 11.2 Å². The Kier molecular flexibility index (Phi) is 19.3. The second-order valence-electron chi connectivity index (χ2n) is 26.9. The van der Waals surface area contributed by atoms with Gasteiger partial charge in [0, 0.05) is 67.7 Å². The van der Waals surface area contributed by atoms with Crippen molar-refractivity contribution in [3.63, 3.8) is 0 Å². The second-order valence-corrected chi connectivity index (χ2v) is 26.9. The highest BCUT2D eigenvalue weighted by Gasteiger charge is 2.59. The lowest BCUT2D eigenvalue weighted by atomic mass is 9.61. The third-order valence-electron chi connectivity index (χ3n) is 19.4. The molecule has 3 saturated carbocycles. The molecule has 2 atom stereocenters. The van der Waals surface area contributed by atoms with Crippen molar-refractivity contribution >= 4 is 29.9 Å². The van der Waals surface area contributed by atoms with Gasteiger partial charge in [-0.3, -0.25) is 29.1 Å². The van der Waals surface area contributed by atoms with Gasteiger partial charge < -0.3 is 24.3 Å². The maximum atomic E-state index is 13.2. The van der Waals surface area contributed by atoms with Crippen LogP contribution in [0.1, 0.15) is 142 Å². The maximum Gasteiger partial charge on any atom is 0.417 e. The fourth-order valence-corrected chi connectivity index (χ4v) is 14.5. The highest BCUT2D eigenvalue weighted by molar-refractivity contribution is 5.96. The van der Waals surface area contributed by atoms with E-state index in [1.165, 1.54) is 26.5 Å². The van der Waals surface area contributed by atoms with E-state index in [2.05, 4.69) is 141 Å². The van der Waals surface area contributed by atoms with Crippen LogP contribution in [0.25, 0.3) is 0 Å². The Morgan fingerprint density at radius 3 is 1.25 bits per heavy atom. The van der Waals surface area contributed by atoms with Crippen molar-refractivity contribution in [1.29, 1.82) is 0 Å². The van der Waals surface area contributed by atoms with E-state index in [0.29, 0.717) is 32.7 Å². The largest absolute Gasteiger partial charge is 0.443 e. The Bertz CT molecular complexity index is 2570. The summed E-state index contributed by atoms with van der Waals surface area (Å²) in [6.07, 6.45) is 11.1. The Morgan fingerprint density at radius 2 is 0.875 bits per heavy atom. The van der Waals surface area contributed by atoms with E-state index in [4.69, 9.17) is 18.9 Å². The maximum absolute atomic E-state index is 13.2. The standard InChI is InChI=1S/C24H36N2O4.C22H32N2O3.C19H28N2O2/c1-22(2,3)30-21(28)26-17-23(19(16-29-6)20(26)27)12-14-24(15-13-23,25(4)5)18-10-8-7-9-11-18;1-20(2,3)27-19(26)24-16-21(15-18(24)25)11-13-22(14-12-21,23(4)5)17-9-7-6-8-10-17;1-21(2)19(15-7-5-4-6-8-15)11-9-18(10-12-19)14-20-17(22)16(18)13-23-3/h7-11,19H,12-17H2,1-6H3;6-10H,11-16H2,1-5H3;4-8,16H,9-14H2,1-3H3,(H,20,22). The monoisotopic (exact) mass is 1100 g/mol. The second kappa shape index (κ2) is 24.7. The van der Waals surface area contributed by atoms with Gasteiger partial charge in [-0.2, -0.15) is 0 Å². The van der Waals surface area contributed by atoms with Crippen molar-refractivity contribution in [2.24, 2.45) is 28.1 Å². The molecule has 3 saturated heterocycles. The molecule has 15 heteroatoms. The summed E-state index contributed by atoms with van der Waals surface area (Å²) < 4.78 is 21.7. The number of hydrogen-bond acceptors (Lipinski definition) is 12. The highest BCUT2D eigenvalue weighted by atomic mass is 16.6. The molecule has 0 radical (unpaired) electrons. The van der Waals surface area contributed by atoms with Gasteiger partial charge in [0.25, 0.3) is 0 Å². The van der Waals surface area contributed by atoms with Gasteiger partial charge in [0.05, 0.1) is 25.0 Å². The normalized spacial score (nSPS) is 30.6. The molecule has 15 nitrogen and oxygen atoms in total. The number of methoxy groups -OCH3 is 2. The Labute approximate surface area is 478 Å². The molecule has 5 amide bonds. The van der Waals surface area contributed by atoms with Crippen LogP contribution in [0.2, 0.25) is 0 Å². The number of amides is 5. The summed E-state index contributed by atoms with van der Waals surface area (Å²) in [7, 11) is 16.2. The van der Waals surface area contributed by atoms with Gasteiger partial charge in [-0.1, -0.05) is 91.0 Å². The molecule has 80 heavy (non-hydrogen) atoms. The van der Waals surface area contributed by atoms with Gasteiger partial charge in [0.15, 0.2) is 0 Å². The zero-order valence-electron chi connectivity index (χ0n) is 51.0. The topological polar surface area (TPSA) is 151 Å². The molecule has 0 aromatic heterocycles. The number of carbonyl (C=O) groups excluding carboxylic acids is 5. The summed E-state index contributed by atoms with van der Waals surface area (Å²) in [5, 5.41) is 3.08. The first-order valence-corrected chi connectivity index (χ1v) is 29.2.